The average molecular weight is 491 g/mol. The van der Waals surface area contributed by atoms with Crippen molar-refractivity contribution in [2.24, 2.45) is 0 Å². The van der Waals surface area contributed by atoms with Crippen LogP contribution in [0.15, 0.2) is 29.2 Å². The highest BCUT2D eigenvalue weighted by atomic mass is 32.2. The number of nitrogens with one attached hydrogen (secondary N) is 1. The summed E-state index contributed by atoms with van der Waals surface area (Å²) in [5.74, 6) is -0.0479. The molecule has 1 saturated carbocycles. The van der Waals surface area contributed by atoms with E-state index in [1.54, 1.807) is 12.1 Å². The number of benzene rings is 1. The van der Waals surface area contributed by atoms with Crippen LogP contribution in [0.3, 0.4) is 0 Å². The molecule has 0 spiro atoms. The molecule has 2 saturated heterocycles. The van der Waals surface area contributed by atoms with Gasteiger partial charge in [-0.25, -0.2) is 30.7 Å². The lowest BCUT2D eigenvalue weighted by Crippen LogP contribution is -2.54. The largest absolute Gasteiger partial charge is 0.256 e. The Balaban J connectivity index is 1.59. The van der Waals surface area contributed by atoms with Crippen molar-refractivity contribution in [2.75, 3.05) is 23.0 Å². The maximum Gasteiger partial charge on any atom is 0.256 e. The van der Waals surface area contributed by atoms with Crippen LogP contribution < -0.4 is 5.43 Å². The first kappa shape index (κ1) is 23.2. The second kappa shape index (κ2) is 8.74. The monoisotopic (exact) mass is 490 g/mol. The summed E-state index contributed by atoms with van der Waals surface area (Å²) in [4.78, 5) is 0.0877. The molecule has 0 bridgehead atoms. The van der Waals surface area contributed by atoms with Gasteiger partial charge in [-0.1, -0.05) is 31.4 Å². The molecule has 0 aromatic heterocycles. The molecule has 4 rings (SSSR count). The molecule has 31 heavy (non-hydrogen) atoms. The highest BCUT2D eigenvalue weighted by Crippen LogP contribution is 2.33. The maximum absolute atomic E-state index is 13.5. The first-order valence-corrected chi connectivity index (χ1v) is 16.0. The van der Waals surface area contributed by atoms with Gasteiger partial charge in [0.15, 0.2) is 19.7 Å². The molecule has 11 heteroatoms. The third-order valence-electron chi connectivity index (χ3n) is 6.60. The van der Waals surface area contributed by atoms with Crippen LogP contribution in [0.5, 0.6) is 0 Å². The van der Waals surface area contributed by atoms with Crippen molar-refractivity contribution in [3.8, 4) is 0 Å². The fourth-order valence-corrected chi connectivity index (χ4v) is 9.90. The Bertz CT molecular complexity index is 1110. The van der Waals surface area contributed by atoms with E-state index in [2.05, 4.69) is 5.43 Å². The molecular formula is C20H30N2O6S3. The van der Waals surface area contributed by atoms with Crippen LogP contribution >= 0.6 is 0 Å². The van der Waals surface area contributed by atoms with Gasteiger partial charge >= 0.3 is 0 Å². The second-order valence-electron chi connectivity index (χ2n) is 8.99. The molecule has 8 nitrogen and oxygen atoms in total. The lowest BCUT2D eigenvalue weighted by molar-refractivity contribution is 0.229. The van der Waals surface area contributed by atoms with Crippen molar-refractivity contribution in [2.45, 2.75) is 67.8 Å². The molecule has 1 N–H and O–H groups in total. The first-order chi connectivity index (χ1) is 14.6. The lowest BCUT2D eigenvalue weighted by Gasteiger charge is -2.30. The van der Waals surface area contributed by atoms with Gasteiger partial charge in [-0.05, 0) is 49.3 Å². The zero-order chi connectivity index (χ0) is 22.3. The smallest absolute Gasteiger partial charge is 0.237 e. The predicted molar refractivity (Wildman–Crippen MR) is 119 cm³/mol. The first-order valence-electron chi connectivity index (χ1n) is 10.9. The molecule has 0 radical (unpaired) electrons. The molecular weight excluding hydrogens is 460 g/mol. The van der Waals surface area contributed by atoms with Crippen molar-refractivity contribution in [3.63, 3.8) is 0 Å². The van der Waals surface area contributed by atoms with E-state index in [0.717, 1.165) is 22.8 Å². The van der Waals surface area contributed by atoms with Crippen molar-refractivity contribution in [3.05, 3.63) is 29.8 Å². The topological polar surface area (TPSA) is 118 Å². The molecule has 1 aromatic carbocycles. The van der Waals surface area contributed by atoms with Gasteiger partial charge in [0.2, 0.25) is 0 Å². The number of hydrogen-bond donors (Lipinski definition) is 1. The number of nitrogens with zero attached hydrogens (tertiary/aromatic N) is 1. The van der Waals surface area contributed by atoms with E-state index in [1.807, 2.05) is 12.1 Å². The molecule has 2 heterocycles. The molecule has 1 aliphatic carbocycles. The molecule has 174 valence electrons. The van der Waals surface area contributed by atoms with Crippen LogP contribution in [0.1, 0.15) is 56.4 Å². The summed E-state index contributed by atoms with van der Waals surface area (Å²) in [6, 6.07) is 5.57. The fraction of sp³-hybridized carbons (Fsp3) is 0.700. The Hall–Kier alpha value is -1.01. The van der Waals surface area contributed by atoms with Gasteiger partial charge < -0.3 is 0 Å². The Morgan fingerprint density at radius 3 is 1.97 bits per heavy atom. The van der Waals surface area contributed by atoms with E-state index in [0.29, 0.717) is 12.3 Å². The highest BCUT2D eigenvalue weighted by Gasteiger charge is 2.41. The summed E-state index contributed by atoms with van der Waals surface area (Å²) in [5, 5.41) is 0. The third kappa shape index (κ3) is 5.32. The second-order valence-corrected chi connectivity index (χ2v) is 15.3. The van der Waals surface area contributed by atoms with Crippen molar-refractivity contribution in [1.82, 2.24) is 9.84 Å². The van der Waals surface area contributed by atoms with Crippen LogP contribution in [0, 0.1) is 0 Å². The number of hydrazine groups is 1. The molecule has 2 aliphatic heterocycles. The molecule has 3 fully saturated rings. The quantitative estimate of drug-likeness (QED) is 0.602. The van der Waals surface area contributed by atoms with Crippen LogP contribution in [-0.4, -0.2) is 64.8 Å². The zero-order valence-corrected chi connectivity index (χ0v) is 19.9. The van der Waals surface area contributed by atoms with Crippen molar-refractivity contribution in [1.29, 1.82) is 0 Å². The number of hydrogen-bond acceptors (Lipinski definition) is 7. The van der Waals surface area contributed by atoms with E-state index in [-0.39, 0.29) is 34.3 Å². The fourth-order valence-electron chi connectivity index (χ4n) is 4.87. The Morgan fingerprint density at radius 1 is 0.806 bits per heavy atom. The van der Waals surface area contributed by atoms with Gasteiger partial charge in [0.25, 0.3) is 10.0 Å². The summed E-state index contributed by atoms with van der Waals surface area (Å²) < 4.78 is 75.7. The summed E-state index contributed by atoms with van der Waals surface area (Å²) >= 11 is 0. The minimum atomic E-state index is -4.04. The average Bonchev–Trinajstić information content (AvgIpc) is 3.27. The molecule has 3 aliphatic rings. The third-order valence-corrected chi connectivity index (χ3v) is 11.9. The maximum atomic E-state index is 13.5. The van der Waals surface area contributed by atoms with Crippen LogP contribution in [-0.2, 0) is 29.7 Å². The highest BCUT2D eigenvalue weighted by molar-refractivity contribution is 7.92. The molecule has 1 aromatic rings. The van der Waals surface area contributed by atoms with Gasteiger partial charge in [-0.3, -0.25) is 0 Å². The van der Waals surface area contributed by atoms with Gasteiger partial charge in [-0.2, -0.15) is 0 Å². The van der Waals surface area contributed by atoms with Gasteiger partial charge in [0.1, 0.15) is 0 Å². The summed E-state index contributed by atoms with van der Waals surface area (Å²) in [5.41, 5.74) is 4.00. The van der Waals surface area contributed by atoms with Crippen LogP contribution in [0.4, 0.5) is 0 Å². The Kier molecular flexibility index (Phi) is 6.53. The van der Waals surface area contributed by atoms with Gasteiger partial charge in [0, 0.05) is 6.04 Å². The summed E-state index contributed by atoms with van der Waals surface area (Å²) in [6.07, 6.45) is 6.31. The lowest BCUT2D eigenvalue weighted by atomic mass is 9.84. The summed E-state index contributed by atoms with van der Waals surface area (Å²) in [6.45, 7) is 0. The van der Waals surface area contributed by atoms with Crippen LogP contribution in [0.2, 0.25) is 0 Å². The summed E-state index contributed by atoms with van der Waals surface area (Å²) in [7, 11) is -10.6. The van der Waals surface area contributed by atoms with Crippen LogP contribution in [0.25, 0.3) is 0 Å². The van der Waals surface area contributed by atoms with Crippen molar-refractivity contribution < 1.29 is 25.3 Å². The van der Waals surface area contributed by atoms with Gasteiger partial charge in [0.05, 0.1) is 33.9 Å². The predicted octanol–water partition coefficient (Wildman–Crippen LogP) is 1.60. The molecule has 2 atom stereocenters. The molecule has 0 amide bonds. The standard InChI is InChI=1S/C20H30N2O6S3/c23-29(24)12-10-18(14-29)21-22(19-11-13-30(25,26)15-19)31(27,28)20-8-6-17(7-9-20)16-4-2-1-3-5-16/h6-9,16,18-19,21H,1-5,10-15H2/t18-,19-/m1/s1. The number of rotatable bonds is 6. The van der Waals surface area contributed by atoms with Gasteiger partial charge in [-0.15, -0.1) is 4.41 Å². The van der Waals surface area contributed by atoms with E-state index < -0.39 is 41.8 Å². The number of sulfone groups is 2. The van der Waals surface area contributed by atoms with E-state index in [4.69, 9.17) is 0 Å². The minimum Gasteiger partial charge on any atom is -0.237 e. The Labute approximate surface area is 185 Å². The minimum absolute atomic E-state index is 0.00238. The van der Waals surface area contributed by atoms with E-state index in [9.17, 15) is 25.3 Å². The molecule has 0 unspecified atom stereocenters. The SMILES string of the molecule is O=S1(=O)CC[C@@H](NN([C@@H]2CCS(=O)(=O)C2)S(=O)(=O)c2ccc(C3CCCCC3)cc2)C1. The van der Waals surface area contributed by atoms with Crippen molar-refractivity contribution >= 4 is 29.7 Å². The van der Waals surface area contributed by atoms with E-state index >= 15 is 0 Å². The number of sulfonamides is 1. The zero-order valence-electron chi connectivity index (χ0n) is 17.4. The normalized spacial score (nSPS) is 28.8. The van der Waals surface area contributed by atoms with E-state index in [1.165, 1.54) is 19.3 Å². The Morgan fingerprint density at radius 2 is 1.42 bits per heavy atom.